The molecule has 4 nitrogen and oxygen atoms in total. The monoisotopic (exact) mass is 310 g/mol. The summed E-state index contributed by atoms with van der Waals surface area (Å²) in [5, 5.41) is 11.1. The maximum Gasteiger partial charge on any atom is 0.0793 e. The lowest BCUT2D eigenvalue weighted by atomic mass is 9.99. The summed E-state index contributed by atoms with van der Waals surface area (Å²) in [6, 6.07) is 6.14. The van der Waals surface area contributed by atoms with E-state index in [9.17, 15) is 5.11 Å². The van der Waals surface area contributed by atoms with Gasteiger partial charge in [0.2, 0.25) is 0 Å². The molecule has 1 fully saturated rings. The highest BCUT2D eigenvalue weighted by atomic mass is 35.5. The van der Waals surface area contributed by atoms with Crippen molar-refractivity contribution < 1.29 is 9.84 Å². The number of ether oxygens (including phenoxy) is 1. The van der Waals surface area contributed by atoms with E-state index >= 15 is 0 Å². The zero-order chi connectivity index (χ0) is 14.7. The molecule has 0 bridgehead atoms. The first-order chi connectivity index (χ1) is 10.2. The molecule has 0 spiro atoms. The van der Waals surface area contributed by atoms with E-state index < -0.39 is 0 Å². The Kier molecular flexibility index (Phi) is 5.14. The van der Waals surface area contributed by atoms with E-state index in [0.717, 1.165) is 63.9 Å². The minimum Gasteiger partial charge on any atom is -0.390 e. The number of hydrogen-bond donors (Lipinski definition) is 1. The molecule has 2 aliphatic heterocycles. The molecule has 1 atom stereocenters. The lowest BCUT2D eigenvalue weighted by Gasteiger charge is -2.33. The molecule has 5 heteroatoms. The van der Waals surface area contributed by atoms with Crippen molar-refractivity contribution >= 4 is 11.6 Å². The summed E-state index contributed by atoms with van der Waals surface area (Å²) in [5.41, 5.74) is 2.69. The van der Waals surface area contributed by atoms with Crippen molar-refractivity contribution in [2.24, 2.45) is 0 Å². The second-order valence-corrected chi connectivity index (χ2v) is 6.40. The fourth-order valence-corrected chi connectivity index (χ4v) is 3.37. The van der Waals surface area contributed by atoms with E-state index in [1.807, 2.05) is 6.07 Å². The topological polar surface area (TPSA) is 35.9 Å². The first-order valence-electron chi connectivity index (χ1n) is 7.68. The number of β-amino-alcohol motifs (C(OH)–C–C–N with tert-alkyl or cyclic N) is 1. The smallest absolute Gasteiger partial charge is 0.0793 e. The van der Waals surface area contributed by atoms with E-state index in [1.54, 1.807) is 0 Å². The lowest BCUT2D eigenvalue weighted by Crippen LogP contribution is -2.45. The number of halogens is 1. The summed E-state index contributed by atoms with van der Waals surface area (Å²) in [7, 11) is 0. The average molecular weight is 311 g/mol. The van der Waals surface area contributed by atoms with E-state index in [1.165, 1.54) is 11.1 Å². The molecule has 1 aromatic rings. The van der Waals surface area contributed by atoms with Crippen LogP contribution in [0.4, 0.5) is 0 Å². The van der Waals surface area contributed by atoms with Crippen LogP contribution in [-0.2, 0) is 17.7 Å². The number of rotatable bonds is 4. The Morgan fingerprint density at radius 2 is 1.86 bits per heavy atom. The molecule has 1 saturated heterocycles. The Bertz CT molecular complexity index is 477. The number of fused-ring (bicyclic) bond motifs is 1. The highest BCUT2D eigenvalue weighted by Gasteiger charge is 2.21. The zero-order valence-corrected chi connectivity index (χ0v) is 13.1. The van der Waals surface area contributed by atoms with Gasteiger partial charge in [0.25, 0.3) is 0 Å². The zero-order valence-electron chi connectivity index (χ0n) is 12.3. The molecule has 0 saturated carbocycles. The van der Waals surface area contributed by atoms with Crippen molar-refractivity contribution in [3.05, 3.63) is 34.3 Å². The summed E-state index contributed by atoms with van der Waals surface area (Å²) in [5.74, 6) is 0. The van der Waals surface area contributed by atoms with Gasteiger partial charge in [-0.3, -0.25) is 9.80 Å². The van der Waals surface area contributed by atoms with Gasteiger partial charge in [-0.15, -0.1) is 0 Å². The third-order valence-corrected chi connectivity index (χ3v) is 4.54. The maximum atomic E-state index is 10.3. The fraction of sp³-hybridized carbons (Fsp3) is 0.625. The van der Waals surface area contributed by atoms with Crippen LogP contribution in [0.2, 0.25) is 5.02 Å². The molecule has 2 aliphatic rings. The normalized spacial score (nSPS) is 22.0. The summed E-state index contributed by atoms with van der Waals surface area (Å²) in [6.07, 6.45) is 0.736. The molecule has 0 amide bonds. The Hall–Kier alpha value is -0.650. The molecular formula is C16H23ClN2O2. The van der Waals surface area contributed by atoms with Gasteiger partial charge in [-0.2, -0.15) is 0 Å². The third-order valence-electron chi connectivity index (χ3n) is 4.30. The van der Waals surface area contributed by atoms with Crippen LogP contribution in [0.1, 0.15) is 11.1 Å². The van der Waals surface area contributed by atoms with Gasteiger partial charge in [0.05, 0.1) is 19.3 Å². The average Bonchev–Trinajstić information content (AvgIpc) is 2.47. The molecule has 0 aromatic heterocycles. The second-order valence-electron chi connectivity index (χ2n) is 5.96. The maximum absolute atomic E-state index is 10.3. The second kappa shape index (κ2) is 7.07. The number of hydrogen-bond acceptors (Lipinski definition) is 4. The van der Waals surface area contributed by atoms with Crippen molar-refractivity contribution in [1.29, 1.82) is 0 Å². The van der Waals surface area contributed by atoms with Gasteiger partial charge >= 0.3 is 0 Å². The molecule has 0 aliphatic carbocycles. The van der Waals surface area contributed by atoms with E-state index in [4.69, 9.17) is 16.3 Å². The number of nitrogens with zero attached hydrogens (tertiary/aromatic N) is 2. The van der Waals surface area contributed by atoms with E-state index in [2.05, 4.69) is 21.9 Å². The predicted octanol–water partition coefficient (Wildman–Crippen LogP) is 1.39. The van der Waals surface area contributed by atoms with Crippen molar-refractivity contribution in [2.45, 2.75) is 19.1 Å². The Morgan fingerprint density at radius 1 is 1.10 bits per heavy atom. The minimum atomic E-state index is -0.302. The third kappa shape index (κ3) is 4.18. The van der Waals surface area contributed by atoms with Crippen LogP contribution in [0.3, 0.4) is 0 Å². The summed E-state index contributed by atoms with van der Waals surface area (Å²) in [4.78, 5) is 4.60. The highest BCUT2D eigenvalue weighted by Crippen LogP contribution is 2.22. The van der Waals surface area contributed by atoms with Crippen molar-refractivity contribution in [3.63, 3.8) is 0 Å². The molecular weight excluding hydrogens is 288 g/mol. The van der Waals surface area contributed by atoms with Crippen LogP contribution in [0.15, 0.2) is 18.2 Å². The molecule has 1 N–H and O–H groups in total. The first-order valence-corrected chi connectivity index (χ1v) is 8.06. The van der Waals surface area contributed by atoms with Gasteiger partial charge in [-0.05, 0) is 29.7 Å². The fourth-order valence-electron chi connectivity index (χ4n) is 3.18. The molecule has 2 heterocycles. The molecule has 1 unspecified atom stereocenters. The van der Waals surface area contributed by atoms with Crippen LogP contribution >= 0.6 is 11.6 Å². The summed E-state index contributed by atoms with van der Waals surface area (Å²) >= 11 is 6.07. The minimum absolute atomic E-state index is 0.302. The van der Waals surface area contributed by atoms with Gasteiger partial charge < -0.3 is 9.84 Å². The standard InChI is InChI=1S/C16H23ClN2O2/c17-15-2-1-13-3-4-19(10-14(13)9-15)12-16(20)11-18-5-7-21-8-6-18/h1-2,9,16,20H,3-8,10-12H2. The molecule has 1 aromatic carbocycles. The predicted molar refractivity (Wildman–Crippen MR) is 83.7 cm³/mol. The Morgan fingerprint density at radius 3 is 2.67 bits per heavy atom. The summed E-state index contributed by atoms with van der Waals surface area (Å²) < 4.78 is 5.34. The Balaban J connectivity index is 1.51. The number of aliphatic hydroxyl groups excluding tert-OH is 1. The number of benzene rings is 1. The first kappa shape index (κ1) is 15.3. The highest BCUT2D eigenvalue weighted by molar-refractivity contribution is 6.30. The molecule has 0 radical (unpaired) electrons. The van der Waals surface area contributed by atoms with Gasteiger partial charge in [0.1, 0.15) is 0 Å². The molecule has 3 rings (SSSR count). The van der Waals surface area contributed by atoms with E-state index in [0.29, 0.717) is 0 Å². The van der Waals surface area contributed by atoms with Crippen LogP contribution in [0.5, 0.6) is 0 Å². The van der Waals surface area contributed by atoms with Gasteiger partial charge in [0.15, 0.2) is 0 Å². The summed E-state index contributed by atoms with van der Waals surface area (Å²) in [6.45, 7) is 6.77. The van der Waals surface area contributed by atoms with Crippen molar-refractivity contribution in [3.8, 4) is 0 Å². The Labute approximate surface area is 131 Å². The molecule has 116 valence electrons. The number of morpholine rings is 1. The lowest BCUT2D eigenvalue weighted by molar-refractivity contribution is 0.00587. The molecule has 21 heavy (non-hydrogen) atoms. The largest absolute Gasteiger partial charge is 0.390 e. The van der Waals surface area contributed by atoms with Crippen molar-refractivity contribution in [2.75, 3.05) is 45.9 Å². The van der Waals surface area contributed by atoms with Crippen LogP contribution in [-0.4, -0.2) is 66.9 Å². The van der Waals surface area contributed by atoms with Crippen molar-refractivity contribution in [1.82, 2.24) is 9.80 Å². The van der Waals surface area contributed by atoms with Gasteiger partial charge in [-0.25, -0.2) is 0 Å². The van der Waals surface area contributed by atoms with Crippen LogP contribution in [0.25, 0.3) is 0 Å². The van der Waals surface area contributed by atoms with E-state index in [-0.39, 0.29) is 6.10 Å². The van der Waals surface area contributed by atoms with Gasteiger partial charge in [-0.1, -0.05) is 17.7 Å². The quantitative estimate of drug-likeness (QED) is 0.912. The van der Waals surface area contributed by atoms with Crippen LogP contribution in [0, 0.1) is 0 Å². The SMILES string of the molecule is OC(CN1CCOCC1)CN1CCc2ccc(Cl)cc2C1. The van der Waals surface area contributed by atoms with Gasteiger partial charge in [0, 0.05) is 44.3 Å². The van der Waals surface area contributed by atoms with Crippen LogP contribution < -0.4 is 0 Å². The number of aliphatic hydroxyl groups is 1.